The third kappa shape index (κ3) is 4.89. The van der Waals surface area contributed by atoms with Gasteiger partial charge in [0.05, 0.1) is 10.6 Å². The highest BCUT2D eigenvalue weighted by Crippen LogP contribution is 2.51. The van der Waals surface area contributed by atoms with Crippen molar-refractivity contribution in [2.75, 3.05) is 31.8 Å². The zero-order valence-corrected chi connectivity index (χ0v) is 20.2. The van der Waals surface area contributed by atoms with Gasteiger partial charge in [-0.25, -0.2) is 8.42 Å². The first-order valence-electron chi connectivity index (χ1n) is 10.9. The molecule has 3 unspecified atom stereocenters. The molecular formula is C25H38N2O2S. The normalized spacial score (nSPS) is 24.8. The van der Waals surface area contributed by atoms with Crippen molar-refractivity contribution in [1.29, 1.82) is 0 Å². The van der Waals surface area contributed by atoms with Crippen LogP contribution in [0.2, 0.25) is 0 Å². The summed E-state index contributed by atoms with van der Waals surface area (Å²) in [5.41, 5.74) is 7.43. The van der Waals surface area contributed by atoms with Crippen LogP contribution in [0, 0.1) is 11.3 Å². The quantitative estimate of drug-likeness (QED) is 0.718. The Hall–Kier alpha value is -1.85. The first kappa shape index (κ1) is 24.4. The van der Waals surface area contributed by atoms with E-state index in [2.05, 4.69) is 56.8 Å². The highest BCUT2D eigenvalue weighted by molar-refractivity contribution is 7.91. The van der Waals surface area contributed by atoms with Crippen LogP contribution in [0.4, 0.5) is 5.69 Å². The summed E-state index contributed by atoms with van der Waals surface area (Å²) < 4.78 is 26.9. The lowest BCUT2D eigenvalue weighted by Gasteiger charge is -2.38. The Morgan fingerprint density at radius 1 is 1.10 bits per heavy atom. The molecule has 5 heteroatoms. The third-order valence-corrected chi connectivity index (χ3v) is 8.64. The van der Waals surface area contributed by atoms with Crippen LogP contribution in [0.1, 0.15) is 57.1 Å². The molecule has 0 radical (unpaired) electrons. The number of rotatable bonds is 5. The molecule has 0 bridgehead atoms. The van der Waals surface area contributed by atoms with Gasteiger partial charge in [-0.3, -0.25) is 0 Å². The zero-order valence-electron chi connectivity index (χ0n) is 19.4. The summed E-state index contributed by atoms with van der Waals surface area (Å²) in [5, 5.41) is 0. The molecule has 0 spiro atoms. The second-order valence-corrected chi connectivity index (χ2v) is 10.8. The minimum Gasteiger partial charge on any atom is -0.378 e. The summed E-state index contributed by atoms with van der Waals surface area (Å²) in [6.45, 7) is 6.60. The molecule has 0 amide bonds. The maximum atomic E-state index is 13.5. The van der Waals surface area contributed by atoms with E-state index < -0.39 is 9.84 Å². The Labute approximate surface area is 183 Å². The van der Waals surface area contributed by atoms with Gasteiger partial charge in [0.2, 0.25) is 0 Å². The van der Waals surface area contributed by atoms with Crippen LogP contribution in [0.3, 0.4) is 0 Å². The molecule has 1 heterocycles. The van der Waals surface area contributed by atoms with Crippen LogP contribution >= 0.6 is 0 Å². The standard InChI is InChI=1S/C24H33NO2S.CH5N/c1-6-7-15-24(3)17-28(26,27)22-14-13-20(25(4)5)16-21(22)23(18(24)2)19-11-9-8-10-12-19;1-2/h8-14,16,18,23H,6-7,15,17H2,1-5H3;2H2,1H3. The van der Waals surface area contributed by atoms with Gasteiger partial charge >= 0.3 is 0 Å². The van der Waals surface area contributed by atoms with Crippen molar-refractivity contribution in [3.8, 4) is 0 Å². The molecule has 0 aliphatic carbocycles. The van der Waals surface area contributed by atoms with Crippen molar-refractivity contribution < 1.29 is 8.42 Å². The van der Waals surface area contributed by atoms with Crippen LogP contribution < -0.4 is 10.6 Å². The van der Waals surface area contributed by atoms with Gasteiger partial charge in [0, 0.05) is 25.7 Å². The van der Waals surface area contributed by atoms with Gasteiger partial charge in [0.1, 0.15) is 0 Å². The molecule has 2 N–H and O–H groups in total. The minimum absolute atomic E-state index is 0.0650. The lowest BCUT2D eigenvalue weighted by atomic mass is 9.66. The van der Waals surface area contributed by atoms with Gasteiger partial charge in [-0.2, -0.15) is 0 Å². The summed E-state index contributed by atoms with van der Waals surface area (Å²) >= 11 is 0. The third-order valence-electron chi connectivity index (χ3n) is 6.56. The van der Waals surface area contributed by atoms with E-state index in [1.165, 1.54) is 12.6 Å². The van der Waals surface area contributed by atoms with Crippen molar-refractivity contribution in [1.82, 2.24) is 0 Å². The van der Waals surface area contributed by atoms with Crippen LogP contribution in [0.15, 0.2) is 53.4 Å². The van der Waals surface area contributed by atoms with Gasteiger partial charge < -0.3 is 10.6 Å². The zero-order chi connectivity index (χ0) is 22.5. The maximum absolute atomic E-state index is 13.5. The van der Waals surface area contributed by atoms with Gasteiger partial charge in [-0.1, -0.05) is 63.9 Å². The highest BCUT2D eigenvalue weighted by Gasteiger charge is 2.45. The molecule has 2 aromatic rings. The van der Waals surface area contributed by atoms with E-state index in [0.717, 1.165) is 30.5 Å². The molecule has 0 aromatic heterocycles. The lowest BCUT2D eigenvalue weighted by Crippen LogP contribution is -2.34. The smallest absolute Gasteiger partial charge is 0.179 e. The molecule has 4 nitrogen and oxygen atoms in total. The fourth-order valence-electron chi connectivity index (χ4n) is 4.66. The van der Waals surface area contributed by atoms with E-state index >= 15 is 0 Å². The SMILES string of the molecule is CCCCC1(C)CS(=O)(=O)c2ccc(N(C)C)cc2C(c2ccccc2)C1C.CN. The van der Waals surface area contributed by atoms with Crippen molar-refractivity contribution in [2.24, 2.45) is 17.1 Å². The van der Waals surface area contributed by atoms with Crippen LogP contribution in [-0.4, -0.2) is 35.3 Å². The number of nitrogens with two attached hydrogens (primary N) is 1. The van der Waals surface area contributed by atoms with E-state index in [0.29, 0.717) is 4.90 Å². The highest BCUT2D eigenvalue weighted by atomic mass is 32.2. The molecule has 0 saturated heterocycles. The van der Waals surface area contributed by atoms with Gasteiger partial charge in [-0.15, -0.1) is 0 Å². The summed E-state index contributed by atoms with van der Waals surface area (Å²) in [7, 11) is 2.15. The van der Waals surface area contributed by atoms with Crippen LogP contribution in [-0.2, 0) is 9.84 Å². The number of unbranched alkanes of at least 4 members (excludes halogenated alkanes) is 1. The Morgan fingerprint density at radius 3 is 2.30 bits per heavy atom. The first-order chi connectivity index (χ1) is 14.2. The van der Waals surface area contributed by atoms with Gasteiger partial charge in [0.15, 0.2) is 9.84 Å². The first-order valence-corrected chi connectivity index (χ1v) is 12.5. The Bertz CT molecular complexity index is 925. The minimum atomic E-state index is -3.35. The van der Waals surface area contributed by atoms with E-state index in [-0.39, 0.29) is 23.0 Å². The fourth-order valence-corrected chi connectivity index (χ4v) is 6.92. The summed E-state index contributed by atoms with van der Waals surface area (Å²) in [6.07, 6.45) is 3.06. The molecular weight excluding hydrogens is 392 g/mol. The molecule has 30 heavy (non-hydrogen) atoms. The topological polar surface area (TPSA) is 63.4 Å². The Balaban J connectivity index is 0.00000155. The number of nitrogens with zero attached hydrogens (tertiary/aromatic N) is 1. The van der Waals surface area contributed by atoms with E-state index in [1.54, 1.807) is 0 Å². The van der Waals surface area contributed by atoms with Gasteiger partial charge in [0.25, 0.3) is 0 Å². The summed E-state index contributed by atoms with van der Waals surface area (Å²) in [5.74, 6) is 0.504. The number of benzene rings is 2. The molecule has 3 atom stereocenters. The molecule has 0 fully saturated rings. The Kier molecular flexibility index (Phi) is 8.12. The second-order valence-electron chi connectivity index (χ2n) is 8.81. The fraction of sp³-hybridized carbons (Fsp3) is 0.520. The largest absolute Gasteiger partial charge is 0.378 e. The van der Waals surface area contributed by atoms with E-state index in [9.17, 15) is 8.42 Å². The monoisotopic (exact) mass is 430 g/mol. The number of sulfone groups is 1. The Morgan fingerprint density at radius 2 is 1.73 bits per heavy atom. The number of anilines is 1. The van der Waals surface area contributed by atoms with Crippen molar-refractivity contribution in [3.63, 3.8) is 0 Å². The molecule has 2 aromatic carbocycles. The van der Waals surface area contributed by atoms with Crippen molar-refractivity contribution >= 4 is 15.5 Å². The van der Waals surface area contributed by atoms with Crippen LogP contribution in [0.5, 0.6) is 0 Å². The van der Waals surface area contributed by atoms with Crippen LogP contribution in [0.25, 0.3) is 0 Å². The molecule has 0 saturated carbocycles. The molecule has 1 aliphatic heterocycles. The predicted molar refractivity (Wildman–Crippen MR) is 128 cm³/mol. The van der Waals surface area contributed by atoms with Gasteiger partial charge in [-0.05, 0) is 54.1 Å². The number of hydrogen-bond donors (Lipinski definition) is 1. The summed E-state index contributed by atoms with van der Waals surface area (Å²) in [6, 6.07) is 16.3. The summed E-state index contributed by atoms with van der Waals surface area (Å²) in [4.78, 5) is 2.56. The number of fused-ring (bicyclic) bond motifs is 1. The number of hydrogen-bond acceptors (Lipinski definition) is 4. The lowest BCUT2D eigenvalue weighted by molar-refractivity contribution is 0.193. The van der Waals surface area contributed by atoms with Crippen molar-refractivity contribution in [3.05, 3.63) is 59.7 Å². The molecule has 3 rings (SSSR count). The molecule has 1 aliphatic rings. The maximum Gasteiger partial charge on any atom is 0.179 e. The average molecular weight is 431 g/mol. The predicted octanol–water partition coefficient (Wildman–Crippen LogP) is 5.08. The average Bonchev–Trinajstić information content (AvgIpc) is 2.80. The van der Waals surface area contributed by atoms with E-state index in [1.807, 2.05) is 37.2 Å². The second kappa shape index (κ2) is 9.97. The van der Waals surface area contributed by atoms with E-state index in [4.69, 9.17) is 0 Å². The molecule has 166 valence electrons. The van der Waals surface area contributed by atoms with Crippen molar-refractivity contribution in [2.45, 2.75) is 50.8 Å².